The zero-order chi connectivity index (χ0) is 28.7. The van der Waals surface area contributed by atoms with Crippen LogP contribution in [0, 0.1) is 0 Å². The van der Waals surface area contributed by atoms with Gasteiger partial charge in [0.1, 0.15) is 0 Å². The van der Waals surface area contributed by atoms with Crippen molar-refractivity contribution in [3.05, 3.63) is 0 Å². The zero-order valence-electron chi connectivity index (χ0n) is 16.4. The molecule has 0 bridgehead atoms. The number of alkyl halides is 17. The molecule has 0 rings (SSSR count). The maximum absolute atomic E-state index is 13.6. The van der Waals surface area contributed by atoms with E-state index in [4.69, 9.17) is 9.79 Å². The van der Waals surface area contributed by atoms with E-state index in [1.54, 1.807) is 0 Å². The smallest absolute Gasteiger partial charge is 0.324 e. The predicted octanol–water partition coefficient (Wildman–Crippen LogP) is 7.12. The van der Waals surface area contributed by atoms with Crippen molar-refractivity contribution in [2.75, 3.05) is 6.16 Å². The van der Waals surface area contributed by atoms with Crippen LogP contribution in [0.5, 0.6) is 0 Å². The quantitative estimate of drug-likeness (QED) is 0.138. The molecule has 3 nitrogen and oxygen atoms in total. The lowest BCUT2D eigenvalue weighted by molar-refractivity contribution is -0.461. The lowest BCUT2D eigenvalue weighted by atomic mass is 9.88. The van der Waals surface area contributed by atoms with Crippen LogP contribution in [0.1, 0.15) is 32.1 Å². The van der Waals surface area contributed by atoms with Crippen molar-refractivity contribution in [3.8, 4) is 0 Å². The number of halogens is 17. The first-order valence-corrected chi connectivity index (χ1v) is 10.5. The molecule has 0 fully saturated rings. The monoisotopic (exact) mass is 584 g/mol. The minimum Gasteiger partial charge on any atom is -0.324 e. The number of rotatable bonds is 13. The molecule has 0 aliphatic rings. The van der Waals surface area contributed by atoms with E-state index in [-0.39, 0.29) is 0 Å². The van der Waals surface area contributed by atoms with Crippen molar-refractivity contribution in [2.45, 2.75) is 79.7 Å². The third-order valence-electron chi connectivity index (χ3n) is 4.48. The van der Waals surface area contributed by atoms with Crippen LogP contribution in [0.3, 0.4) is 0 Å². The van der Waals surface area contributed by atoms with Gasteiger partial charge in [-0.25, -0.2) is 0 Å². The topological polar surface area (TPSA) is 57.5 Å². The molecule has 0 unspecified atom stereocenters. The van der Waals surface area contributed by atoms with Crippen molar-refractivity contribution in [2.24, 2.45) is 0 Å². The predicted molar refractivity (Wildman–Crippen MR) is 80.7 cm³/mol. The Bertz CT molecular complexity index is 770. The first-order valence-electron chi connectivity index (χ1n) is 8.72. The van der Waals surface area contributed by atoms with Crippen molar-refractivity contribution in [3.63, 3.8) is 0 Å². The number of unbranched alkanes of at least 4 members (excludes halogenated alkanes) is 3. The van der Waals surface area contributed by atoms with Gasteiger partial charge in [-0.05, 0) is 12.8 Å². The van der Waals surface area contributed by atoms with Crippen LogP contribution in [-0.2, 0) is 4.57 Å². The van der Waals surface area contributed by atoms with E-state index in [0.29, 0.717) is 0 Å². The molecule has 0 saturated heterocycles. The molecule has 0 aliphatic carbocycles. The maximum atomic E-state index is 13.6. The van der Waals surface area contributed by atoms with Gasteiger partial charge in [-0.1, -0.05) is 12.8 Å². The number of hydrogen-bond donors (Lipinski definition) is 2. The highest BCUT2D eigenvalue weighted by atomic mass is 31.2. The van der Waals surface area contributed by atoms with E-state index >= 15 is 0 Å². The van der Waals surface area contributed by atoms with Gasteiger partial charge in [0.2, 0.25) is 0 Å². The van der Waals surface area contributed by atoms with Crippen molar-refractivity contribution < 1.29 is 89.0 Å². The summed E-state index contributed by atoms with van der Waals surface area (Å²) in [7, 11) is -4.57. The lowest BCUT2D eigenvalue weighted by Crippen LogP contribution is -2.74. The molecule has 212 valence electrons. The fraction of sp³-hybridized carbons (Fsp3) is 1.00. The van der Waals surface area contributed by atoms with E-state index in [0.717, 1.165) is 0 Å². The Hall–Kier alpha value is -1.04. The summed E-state index contributed by atoms with van der Waals surface area (Å²) in [5.41, 5.74) is 0. The second-order valence-electron chi connectivity index (χ2n) is 7.20. The minimum atomic E-state index is -8.65. The van der Waals surface area contributed by atoms with Crippen LogP contribution in [0.25, 0.3) is 0 Å². The van der Waals surface area contributed by atoms with E-state index in [1.165, 1.54) is 0 Å². The van der Waals surface area contributed by atoms with Crippen LogP contribution < -0.4 is 0 Å². The van der Waals surface area contributed by atoms with Crippen LogP contribution >= 0.6 is 7.60 Å². The van der Waals surface area contributed by atoms with Gasteiger partial charge in [-0.3, -0.25) is 4.57 Å². The summed E-state index contributed by atoms with van der Waals surface area (Å²) in [5, 5.41) is 0. The van der Waals surface area contributed by atoms with Gasteiger partial charge in [0.25, 0.3) is 0 Å². The summed E-state index contributed by atoms with van der Waals surface area (Å²) in [6.07, 6.45) is -14.1. The van der Waals surface area contributed by atoms with Crippen molar-refractivity contribution in [1.82, 2.24) is 0 Å². The van der Waals surface area contributed by atoms with E-state index in [9.17, 15) is 79.2 Å². The Balaban J connectivity index is 5.98. The fourth-order valence-corrected chi connectivity index (χ4v) is 3.01. The molecule has 0 aromatic rings. The molecule has 0 amide bonds. The molecular formula is C14H14F17O3P. The summed E-state index contributed by atoms with van der Waals surface area (Å²) in [4.78, 5) is 17.0. The molecule has 0 atom stereocenters. The summed E-state index contributed by atoms with van der Waals surface area (Å²) < 4.78 is 233. The second-order valence-corrected chi connectivity index (χ2v) is 8.98. The summed E-state index contributed by atoms with van der Waals surface area (Å²) >= 11 is 0. The van der Waals surface area contributed by atoms with Crippen LogP contribution in [0.15, 0.2) is 0 Å². The Kier molecular flexibility index (Phi) is 9.40. The van der Waals surface area contributed by atoms with Gasteiger partial charge < -0.3 is 9.79 Å². The van der Waals surface area contributed by atoms with Crippen LogP contribution in [-0.4, -0.2) is 63.6 Å². The van der Waals surface area contributed by atoms with Gasteiger partial charge in [-0.2, -0.15) is 74.6 Å². The SMILES string of the molecule is O=P(O)(O)CCCCCCC(F)(F)C(F)(F)C(F)(F)C(F)(F)C(F)(F)C(F)(F)C(F)(F)C(F)(F)F. The Morgan fingerprint density at radius 2 is 0.771 bits per heavy atom. The molecule has 0 heterocycles. The molecular weight excluding hydrogens is 570 g/mol. The summed E-state index contributed by atoms with van der Waals surface area (Å²) in [5.74, 6) is -56.4. The van der Waals surface area contributed by atoms with Crippen LogP contribution in [0.2, 0.25) is 0 Å². The first kappa shape index (κ1) is 34.0. The molecule has 35 heavy (non-hydrogen) atoms. The molecule has 0 spiro atoms. The van der Waals surface area contributed by atoms with E-state index in [1.807, 2.05) is 0 Å². The highest BCUT2D eigenvalue weighted by molar-refractivity contribution is 7.51. The second kappa shape index (κ2) is 9.68. The summed E-state index contributed by atoms with van der Waals surface area (Å²) in [6.45, 7) is 0. The summed E-state index contributed by atoms with van der Waals surface area (Å²) in [6, 6.07) is 0. The Morgan fingerprint density at radius 3 is 1.11 bits per heavy atom. The highest BCUT2D eigenvalue weighted by Crippen LogP contribution is 2.64. The fourth-order valence-electron chi connectivity index (χ4n) is 2.37. The molecule has 0 aromatic heterocycles. The van der Waals surface area contributed by atoms with E-state index < -0.39 is 93.5 Å². The van der Waals surface area contributed by atoms with Gasteiger partial charge in [-0.15, -0.1) is 0 Å². The Labute approximate surface area is 183 Å². The molecule has 0 radical (unpaired) electrons. The normalized spacial score (nSPS) is 16.1. The van der Waals surface area contributed by atoms with Gasteiger partial charge >= 0.3 is 55.2 Å². The maximum Gasteiger partial charge on any atom is 0.460 e. The zero-order valence-corrected chi connectivity index (χ0v) is 17.3. The molecule has 0 aliphatic heterocycles. The Morgan fingerprint density at radius 1 is 0.457 bits per heavy atom. The van der Waals surface area contributed by atoms with Crippen molar-refractivity contribution >= 4 is 7.60 Å². The standard InChI is InChI=1S/C14H14F17O3P/c15-7(16,5-3-1-2-4-6-35(32,33)34)8(17,18)9(19,20)10(21,22)11(23,24)12(25,26)13(27,28)14(29,30)31/h1-6H2,(H2,32,33,34). The van der Waals surface area contributed by atoms with Gasteiger partial charge in [0, 0.05) is 12.6 Å². The highest BCUT2D eigenvalue weighted by Gasteiger charge is 2.95. The molecule has 0 saturated carbocycles. The van der Waals surface area contributed by atoms with E-state index in [2.05, 4.69) is 0 Å². The molecule has 21 heteroatoms. The first-order chi connectivity index (χ1) is 15.0. The van der Waals surface area contributed by atoms with Gasteiger partial charge in [0.05, 0.1) is 0 Å². The minimum absolute atomic E-state index is 0.434. The van der Waals surface area contributed by atoms with Gasteiger partial charge in [0.15, 0.2) is 0 Å². The van der Waals surface area contributed by atoms with Crippen LogP contribution in [0.4, 0.5) is 74.6 Å². The molecule has 2 N–H and O–H groups in total. The third-order valence-corrected chi connectivity index (χ3v) is 5.38. The van der Waals surface area contributed by atoms with Crippen molar-refractivity contribution in [1.29, 1.82) is 0 Å². The number of hydrogen-bond acceptors (Lipinski definition) is 1. The lowest BCUT2D eigenvalue weighted by Gasteiger charge is -2.42. The largest absolute Gasteiger partial charge is 0.460 e. The third kappa shape index (κ3) is 5.93. The molecule has 0 aromatic carbocycles. The average Bonchev–Trinajstić information content (AvgIpc) is 2.61. The average molecular weight is 584 g/mol.